The second-order valence-corrected chi connectivity index (χ2v) is 7.66. The topological polar surface area (TPSA) is 29.5 Å². The number of fused-ring (bicyclic) bond motifs is 1. The maximum Gasteiger partial charge on any atom is 0.127 e. The van der Waals surface area contributed by atoms with Gasteiger partial charge in [-0.3, -0.25) is 0 Å². The Hall–Kier alpha value is -3.18. The van der Waals surface area contributed by atoms with Gasteiger partial charge in [0.15, 0.2) is 0 Å². The van der Waals surface area contributed by atoms with Crippen molar-refractivity contribution in [2.75, 3.05) is 0 Å². The average Bonchev–Trinajstić information content (AvgIpc) is 2.73. The summed E-state index contributed by atoms with van der Waals surface area (Å²) in [7, 11) is 0. The van der Waals surface area contributed by atoms with E-state index in [0.717, 1.165) is 33.2 Å². The molecule has 0 amide bonds. The van der Waals surface area contributed by atoms with Gasteiger partial charge >= 0.3 is 0 Å². The van der Waals surface area contributed by atoms with Gasteiger partial charge in [-0.2, -0.15) is 0 Å². The number of allylic oxidation sites excluding steroid dienone is 2. The summed E-state index contributed by atoms with van der Waals surface area (Å²) in [5.74, 6) is 4.14. The van der Waals surface area contributed by atoms with Crippen molar-refractivity contribution in [2.24, 2.45) is 5.92 Å². The number of ether oxygens (including phenoxy) is 1. The lowest BCUT2D eigenvalue weighted by atomic mass is 9.90. The van der Waals surface area contributed by atoms with Gasteiger partial charge in [-0.25, -0.2) is 0 Å². The molecule has 0 aliphatic heterocycles. The third kappa shape index (κ3) is 5.67. The van der Waals surface area contributed by atoms with E-state index in [2.05, 4.69) is 51.8 Å². The van der Waals surface area contributed by atoms with Crippen LogP contribution in [0.2, 0.25) is 0 Å². The Balaban J connectivity index is 0.00000101. The van der Waals surface area contributed by atoms with Gasteiger partial charge < -0.3 is 9.84 Å². The summed E-state index contributed by atoms with van der Waals surface area (Å²) in [4.78, 5) is 0. The fourth-order valence-electron chi connectivity index (χ4n) is 3.44. The normalized spacial score (nSPS) is 11.4. The van der Waals surface area contributed by atoms with Crippen molar-refractivity contribution in [2.45, 2.75) is 47.6 Å². The van der Waals surface area contributed by atoms with E-state index in [1.807, 2.05) is 43.3 Å². The number of hydrogen-bond acceptors (Lipinski definition) is 2. The Morgan fingerprint density at radius 2 is 1.63 bits per heavy atom. The largest absolute Gasteiger partial charge is 0.507 e. The van der Waals surface area contributed by atoms with Crippen LogP contribution < -0.4 is 4.74 Å². The predicted molar refractivity (Wildman–Crippen MR) is 129 cm³/mol. The predicted octanol–water partition coefficient (Wildman–Crippen LogP) is 7.60. The van der Waals surface area contributed by atoms with Crippen LogP contribution in [0.15, 0.2) is 66.2 Å². The first-order chi connectivity index (χ1) is 14.4. The fraction of sp³-hybridized carbons (Fsp3) is 0.286. The molecule has 0 aromatic heterocycles. The van der Waals surface area contributed by atoms with Crippen molar-refractivity contribution in [3.05, 3.63) is 77.4 Å². The van der Waals surface area contributed by atoms with Gasteiger partial charge in [0.05, 0.1) is 0 Å². The fourth-order valence-corrected chi connectivity index (χ4v) is 3.44. The number of terminal acetylenes is 1. The lowest BCUT2D eigenvalue weighted by Gasteiger charge is -2.15. The third-order valence-corrected chi connectivity index (χ3v) is 4.69. The van der Waals surface area contributed by atoms with Crippen LogP contribution in [0, 0.1) is 18.3 Å². The third-order valence-electron chi connectivity index (χ3n) is 4.69. The molecule has 0 aliphatic rings. The maximum absolute atomic E-state index is 10.0. The zero-order valence-electron chi connectivity index (χ0n) is 18.7. The number of phenolic OH excluding ortho intramolecular Hbond substituents is 1. The lowest BCUT2D eigenvalue weighted by molar-refractivity contribution is 0.310. The van der Waals surface area contributed by atoms with Crippen LogP contribution in [0.25, 0.3) is 16.3 Å². The van der Waals surface area contributed by atoms with E-state index in [1.54, 1.807) is 6.07 Å². The molecule has 0 spiro atoms. The number of aromatic hydroxyl groups is 1. The summed E-state index contributed by atoms with van der Waals surface area (Å²) in [6.07, 6.45) is 6.88. The highest BCUT2D eigenvalue weighted by atomic mass is 16.5. The molecule has 1 N–H and O–H groups in total. The van der Waals surface area contributed by atoms with Gasteiger partial charge in [0.1, 0.15) is 18.1 Å². The highest BCUT2D eigenvalue weighted by Crippen LogP contribution is 2.32. The molecule has 2 nitrogen and oxygen atoms in total. The van der Waals surface area contributed by atoms with Gasteiger partial charge in [0.25, 0.3) is 0 Å². The van der Waals surface area contributed by atoms with E-state index >= 15 is 0 Å². The van der Waals surface area contributed by atoms with Crippen LogP contribution in [0.1, 0.15) is 52.2 Å². The summed E-state index contributed by atoms with van der Waals surface area (Å²) < 4.78 is 6.07. The molecule has 0 fully saturated rings. The molecule has 0 atom stereocenters. The Morgan fingerprint density at radius 3 is 2.30 bits per heavy atom. The summed E-state index contributed by atoms with van der Waals surface area (Å²) in [5.41, 5.74) is 4.37. The van der Waals surface area contributed by atoms with Gasteiger partial charge in [0.2, 0.25) is 0 Å². The number of benzene rings is 3. The van der Waals surface area contributed by atoms with Crippen molar-refractivity contribution in [1.82, 2.24) is 0 Å². The summed E-state index contributed by atoms with van der Waals surface area (Å²) >= 11 is 0. The standard InChI is InChI=1S/C25H24O2.C3H8/c1-5-18(4)25(17(2)3)20-10-6-9-19(15-20)16-27-24-14-8-11-21-22(24)12-7-13-23(21)26;1-3-2/h1,6-15,17,26H,16H2,2-4H3;3H2,1-2H3/b25-18-;. The SMILES string of the molecule is C#C/C(C)=C(\c1cccc(COc2cccc3c(O)cccc23)c1)C(C)C.CCC. The molecule has 30 heavy (non-hydrogen) atoms. The molecule has 0 unspecified atom stereocenters. The van der Waals surface area contributed by atoms with Gasteiger partial charge in [-0.1, -0.05) is 82.5 Å². The molecule has 0 bridgehead atoms. The van der Waals surface area contributed by atoms with Gasteiger partial charge in [-0.15, -0.1) is 6.42 Å². The quantitative estimate of drug-likeness (QED) is 0.447. The first kappa shape index (κ1) is 23.1. The molecule has 0 radical (unpaired) electrons. The summed E-state index contributed by atoms with van der Waals surface area (Å²) in [5, 5.41) is 11.7. The van der Waals surface area contributed by atoms with Gasteiger partial charge in [-0.05, 0) is 47.7 Å². The van der Waals surface area contributed by atoms with Crippen LogP contribution >= 0.6 is 0 Å². The zero-order valence-corrected chi connectivity index (χ0v) is 18.7. The number of hydrogen-bond donors (Lipinski definition) is 1. The van der Waals surface area contributed by atoms with Crippen LogP contribution in [0.5, 0.6) is 11.5 Å². The Labute approximate surface area is 181 Å². The van der Waals surface area contributed by atoms with Crippen molar-refractivity contribution in [3.8, 4) is 23.8 Å². The van der Waals surface area contributed by atoms with E-state index in [-0.39, 0.29) is 5.75 Å². The van der Waals surface area contributed by atoms with Crippen molar-refractivity contribution in [3.63, 3.8) is 0 Å². The molecule has 0 saturated carbocycles. The van der Waals surface area contributed by atoms with E-state index in [0.29, 0.717) is 12.5 Å². The molecule has 3 rings (SSSR count). The highest BCUT2D eigenvalue weighted by Gasteiger charge is 2.11. The van der Waals surface area contributed by atoms with Crippen molar-refractivity contribution < 1.29 is 9.84 Å². The molecule has 156 valence electrons. The Kier molecular flexibility index (Phi) is 8.56. The van der Waals surface area contributed by atoms with Crippen LogP contribution in [-0.4, -0.2) is 5.11 Å². The Morgan fingerprint density at radius 1 is 1.00 bits per heavy atom. The zero-order chi connectivity index (χ0) is 22.1. The molecular formula is C28H32O2. The number of phenols is 1. The molecule has 0 aliphatic carbocycles. The molecule has 0 heterocycles. The second-order valence-electron chi connectivity index (χ2n) is 7.66. The first-order valence-electron chi connectivity index (χ1n) is 10.5. The van der Waals surface area contributed by atoms with E-state index in [9.17, 15) is 5.11 Å². The molecule has 3 aromatic rings. The Bertz CT molecular complexity index is 1050. The highest BCUT2D eigenvalue weighted by molar-refractivity contribution is 5.92. The molecular weight excluding hydrogens is 368 g/mol. The van der Waals surface area contributed by atoms with E-state index < -0.39 is 0 Å². The summed E-state index contributed by atoms with van der Waals surface area (Å²) in [6, 6.07) is 19.5. The van der Waals surface area contributed by atoms with Crippen LogP contribution in [0.3, 0.4) is 0 Å². The minimum atomic E-state index is 0.261. The molecule has 2 heteroatoms. The van der Waals surface area contributed by atoms with Crippen LogP contribution in [0.4, 0.5) is 0 Å². The first-order valence-corrected chi connectivity index (χ1v) is 10.5. The van der Waals surface area contributed by atoms with E-state index in [4.69, 9.17) is 11.2 Å². The maximum atomic E-state index is 10.0. The van der Waals surface area contributed by atoms with Crippen molar-refractivity contribution >= 4 is 16.3 Å². The lowest BCUT2D eigenvalue weighted by Crippen LogP contribution is -2.00. The average molecular weight is 401 g/mol. The monoisotopic (exact) mass is 400 g/mol. The van der Waals surface area contributed by atoms with Crippen molar-refractivity contribution in [1.29, 1.82) is 0 Å². The van der Waals surface area contributed by atoms with Crippen LogP contribution in [-0.2, 0) is 6.61 Å². The molecule has 0 saturated heterocycles. The minimum absolute atomic E-state index is 0.261. The van der Waals surface area contributed by atoms with E-state index in [1.165, 1.54) is 12.0 Å². The summed E-state index contributed by atoms with van der Waals surface area (Å²) in [6.45, 7) is 11.0. The number of rotatable bonds is 5. The van der Waals surface area contributed by atoms with Gasteiger partial charge in [0, 0.05) is 16.3 Å². The second kappa shape index (κ2) is 11.1. The molecule has 3 aromatic carbocycles. The minimum Gasteiger partial charge on any atom is -0.507 e. The smallest absolute Gasteiger partial charge is 0.127 e.